The van der Waals surface area contributed by atoms with E-state index in [1.807, 2.05) is 12.3 Å². The second-order valence-electron chi connectivity index (χ2n) is 4.86. The lowest BCUT2D eigenvalue weighted by atomic mass is 10.3. The largest absolute Gasteiger partial charge is 0.326 e. The van der Waals surface area contributed by atoms with Crippen LogP contribution in [0.4, 0.5) is 0 Å². The number of thiazole rings is 1. The molecule has 5 nitrogen and oxygen atoms in total. The van der Waals surface area contributed by atoms with Gasteiger partial charge in [0.1, 0.15) is 0 Å². The molecule has 2 aromatic heterocycles. The van der Waals surface area contributed by atoms with Crippen LogP contribution in [0.5, 0.6) is 0 Å². The summed E-state index contributed by atoms with van der Waals surface area (Å²) in [6.45, 7) is 4.53. The highest BCUT2D eigenvalue weighted by atomic mass is 32.1. The summed E-state index contributed by atoms with van der Waals surface area (Å²) < 4.78 is 1.66. The first-order chi connectivity index (χ1) is 8.63. The lowest BCUT2D eigenvalue weighted by molar-refractivity contribution is 0.323. The van der Waals surface area contributed by atoms with Gasteiger partial charge in [-0.05, 0) is 13.3 Å². The topological polar surface area (TPSA) is 63.6 Å². The molecule has 2 N–H and O–H groups in total. The molecule has 0 amide bonds. The smallest absolute Gasteiger partial charge is 0.259 e. The van der Waals surface area contributed by atoms with Gasteiger partial charge in [-0.3, -0.25) is 14.1 Å². The Morgan fingerprint density at radius 2 is 2.44 bits per heavy atom. The minimum Gasteiger partial charge on any atom is -0.326 e. The van der Waals surface area contributed by atoms with Crippen molar-refractivity contribution in [3.05, 3.63) is 33.2 Å². The van der Waals surface area contributed by atoms with Crippen molar-refractivity contribution >= 4 is 16.3 Å². The van der Waals surface area contributed by atoms with Gasteiger partial charge in [0.15, 0.2) is 4.96 Å². The van der Waals surface area contributed by atoms with Gasteiger partial charge in [-0.2, -0.15) is 0 Å². The van der Waals surface area contributed by atoms with Crippen molar-refractivity contribution in [1.29, 1.82) is 0 Å². The molecule has 96 valence electrons. The monoisotopic (exact) mass is 264 g/mol. The normalized spacial score (nSPS) is 20.9. The Kier molecular flexibility index (Phi) is 2.93. The summed E-state index contributed by atoms with van der Waals surface area (Å²) in [6.07, 6.45) is 1.03. The van der Waals surface area contributed by atoms with E-state index in [4.69, 9.17) is 5.73 Å². The van der Waals surface area contributed by atoms with Crippen LogP contribution in [0.1, 0.15) is 17.8 Å². The molecule has 1 fully saturated rings. The quantitative estimate of drug-likeness (QED) is 0.862. The predicted octanol–water partition coefficient (Wildman–Crippen LogP) is 0.597. The Hall–Kier alpha value is -1.24. The molecule has 1 aliphatic heterocycles. The van der Waals surface area contributed by atoms with Crippen LogP contribution >= 0.6 is 11.3 Å². The van der Waals surface area contributed by atoms with Gasteiger partial charge in [0, 0.05) is 42.8 Å². The molecule has 0 bridgehead atoms. The van der Waals surface area contributed by atoms with Crippen LogP contribution in [0.15, 0.2) is 16.2 Å². The SMILES string of the molecule is Cc1csc2nc(CN3CC[C@@H](N)C3)cc(=O)n12. The zero-order chi connectivity index (χ0) is 12.7. The van der Waals surface area contributed by atoms with Crippen LogP contribution < -0.4 is 11.3 Å². The van der Waals surface area contributed by atoms with Crippen molar-refractivity contribution in [2.75, 3.05) is 13.1 Å². The summed E-state index contributed by atoms with van der Waals surface area (Å²) in [6, 6.07) is 1.90. The fourth-order valence-corrected chi connectivity index (χ4v) is 3.31. The van der Waals surface area contributed by atoms with Crippen molar-refractivity contribution in [2.24, 2.45) is 5.73 Å². The van der Waals surface area contributed by atoms with E-state index in [2.05, 4.69) is 9.88 Å². The van der Waals surface area contributed by atoms with Crippen LogP contribution in [0, 0.1) is 6.92 Å². The second-order valence-corrected chi connectivity index (χ2v) is 5.70. The van der Waals surface area contributed by atoms with Crippen molar-refractivity contribution in [2.45, 2.75) is 25.9 Å². The first kappa shape index (κ1) is 11.8. The molecule has 18 heavy (non-hydrogen) atoms. The number of rotatable bonds is 2. The van der Waals surface area contributed by atoms with Gasteiger partial charge in [0.25, 0.3) is 5.56 Å². The maximum atomic E-state index is 12.0. The summed E-state index contributed by atoms with van der Waals surface area (Å²) in [5.74, 6) is 0. The van der Waals surface area contributed by atoms with E-state index in [0.717, 1.165) is 42.4 Å². The van der Waals surface area contributed by atoms with Gasteiger partial charge in [0.2, 0.25) is 0 Å². The first-order valence-corrected chi connectivity index (χ1v) is 6.96. The molecular weight excluding hydrogens is 248 g/mol. The third-order valence-electron chi connectivity index (χ3n) is 3.32. The molecular formula is C12H16N4OS. The lowest BCUT2D eigenvalue weighted by Crippen LogP contribution is -2.27. The maximum absolute atomic E-state index is 12.0. The zero-order valence-corrected chi connectivity index (χ0v) is 11.1. The lowest BCUT2D eigenvalue weighted by Gasteiger charge is -2.14. The van der Waals surface area contributed by atoms with Gasteiger partial charge in [-0.1, -0.05) is 0 Å². The van der Waals surface area contributed by atoms with Gasteiger partial charge >= 0.3 is 0 Å². The minimum atomic E-state index is 0.0113. The molecule has 1 aliphatic rings. The summed E-state index contributed by atoms with van der Waals surface area (Å²) >= 11 is 1.51. The van der Waals surface area contributed by atoms with E-state index in [9.17, 15) is 4.79 Å². The second kappa shape index (κ2) is 4.46. The molecule has 6 heteroatoms. The molecule has 0 aromatic carbocycles. The van der Waals surface area contributed by atoms with E-state index < -0.39 is 0 Å². The standard InChI is InChI=1S/C12H16N4OS/c1-8-7-18-12-14-10(4-11(17)16(8)12)6-15-3-2-9(13)5-15/h4,7,9H,2-3,5-6,13H2,1H3/t9-/m1/s1. The van der Waals surface area contributed by atoms with E-state index >= 15 is 0 Å². The van der Waals surface area contributed by atoms with Gasteiger partial charge in [0.05, 0.1) is 5.69 Å². The van der Waals surface area contributed by atoms with Crippen LogP contribution in [0.2, 0.25) is 0 Å². The number of hydrogen-bond acceptors (Lipinski definition) is 5. The van der Waals surface area contributed by atoms with Gasteiger partial charge < -0.3 is 5.73 Å². The van der Waals surface area contributed by atoms with Crippen molar-refractivity contribution in [3.8, 4) is 0 Å². The molecule has 2 aromatic rings. The highest BCUT2D eigenvalue weighted by Gasteiger charge is 2.19. The number of aryl methyl sites for hydroxylation is 1. The molecule has 0 radical (unpaired) electrons. The zero-order valence-electron chi connectivity index (χ0n) is 10.3. The van der Waals surface area contributed by atoms with E-state index in [0.29, 0.717) is 0 Å². The average molecular weight is 264 g/mol. The Morgan fingerprint density at radius 3 is 3.17 bits per heavy atom. The van der Waals surface area contributed by atoms with Crippen LogP contribution in [-0.4, -0.2) is 33.4 Å². The summed E-state index contributed by atoms with van der Waals surface area (Å²) in [5, 5.41) is 1.96. The first-order valence-electron chi connectivity index (χ1n) is 6.08. The number of hydrogen-bond donors (Lipinski definition) is 1. The van der Waals surface area contributed by atoms with Gasteiger partial charge in [-0.25, -0.2) is 4.98 Å². The molecule has 1 saturated heterocycles. The van der Waals surface area contributed by atoms with Crippen LogP contribution in [0.25, 0.3) is 4.96 Å². The third-order valence-corrected chi connectivity index (χ3v) is 4.27. The minimum absolute atomic E-state index is 0.0113. The summed E-state index contributed by atoms with van der Waals surface area (Å²) in [7, 11) is 0. The molecule has 3 heterocycles. The van der Waals surface area contributed by atoms with Gasteiger partial charge in [-0.15, -0.1) is 11.3 Å². The fraction of sp³-hybridized carbons (Fsp3) is 0.500. The average Bonchev–Trinajstić information content (AvgIpc) is 2.86. The van der Waals surface area contributed by atoms with Crippen LogP contribution in [-0.2, 0) is 6.54 Å². The summed E-state index contributed by atoms with van der Waals surface area (Å²) in [4.78, 5) is 19.6. The number of aromatic nitrogens is 2. The van der Waals surface area contributed by atoms with Crippen molar-refractivity contribution in [3.63, 3.8) is 0 Å². The molecule has 0 unspecified atom stereocenters. The van der Waals surface area contributed by atoms with Crippen LogP contribution in [0.3, 0.4) is 0 Å². The molecule has 0 aliphatic carbocycles. The van der Waals surface area contributed by atoms with Crippen molar-refractivity contribution < 1.29 is 0 Å². The third kappa shape index (κ3) is 2.07. The predicted molar refractivity (Wildman–Crippen MR) is 71.9 cm³/mol. The number of fused-ring (bicyclic) bond motifs is 1. The highest BCUT2D eigenvalue weighted by Crippen LogP contribution is 2.14. The number of nitrogens with zero attached hydrogens (tertiary/aromatic N) is 3. The van der Waals surface area contributed by atoms with E-state index in [-0.39, 0.29) is 11.6 Å². The Morgan fingerprint density at radius 1 is 1.61 bits per heavy atom. The summed E-state index contributed by atoms with van der Waals surface area (Å²) in [5.41, 5.74) is 7.68. The number of nitrogens with two attached hydrogens (primary N) is 1. The van der Waals surface area contributed by atoms with E-state index in [1.165, 1.54) is 11.3 Å². The number of likely N-dealkylation sites (tertiary alicyclic amines) is 1. The van der Waals surface area contributed by atoms with Crippen molar-refractivity contribution in [1.82, 2.24) is 14.3 Å². The Bertz CT molecular complexity index is 633. The maximum Gasteiger partial charge on any atom is 0.259 e. The highest BCUT2D eigenvalue weighted by molar-refractivity contribution is 7.15. The molecule has 0 spiro atoms. The molecule has 1 atom stereocenters. The molecule has 0 saturated carbocycles. The van der Waals surface area contributed by atoms with E-state index in [1.54, 1.807) is 10.5 Å². The Labute approximate surface area is 109 Å². The molecule has 3 rings (SSSR count). The fourth-order valence-electron chi connectivity index (χ4n) is 2.42. The Balaban J connectivity index is 1.91.